The quantitative estimate of drug-likeness (QED) is 0.239. The van der Waals surface area contributed by atoms with Gasteiger partial charge in [0, 0.05) is 5.38 Å². The molecule has 0 aromatic carbocycles. The molecule has 0 fully saturated rings. The van der Waals surface area contributed by atoms with E-state index in [-0.39, 0.29) is 0 Å². The Hall–Kier alpha value is -0.670. The normalized spacial score (nSPS) is 11.4. The van der Waals surface area contributed by atoms with Crippen molar-refractivity contribution in [2.24, 2.45) is 0 Å². The predicted molar refractivity (Wildman–Crippen MR) is 126 cm³/mol. The van der Waals surface area contributed by atoms with E-state index in [0.717, 1.165) is 6.42 Å². The maximum absolute atomic E-state index is 4.80. The van der Waals surface area contributed by atoms with Crippen LogP contribution in [-0.2, 0) is 6.42 Å². The van der Waals surface area contributed by atoms with Gasteiger partial charge < -0.3 is 0 Å². The topological polar surface area (TPSA) is 12.9 Å². The Bertz CT molecular complexity index is 625. The van der Waals surface area contributed by atoms with Crippen LogP contribution < -0.4 is 0 Å². The molecule has 0 bridgehead atoms. The van der Waals surface area contributed by atoms with Crippen molar-refractivity contribution in [2.75, 3.05) is 0 Å². The van der Waals surface area contributed by atoms with Gasteiger partial charge in [0.25, 0.3) is 0 Å². The molecule has 0 aliphatic carbocycles. The third kappa shape index (κ3) is 8.91. The molecule has 0 aliphatic heterocycles. The summed E-state index contributed by atoms with van der Waals surface area (Å²) in [5.41, 5.74) is 1.18. The van der Waals surface area contributed by atoms with Crippen LogP contribution in [0.2, 0.25) is 0 Å². The highest BCUT2D eigenvalue weighted by Crippen LogP contribution is 2.31. The number of rotatable bonds is 17. The van der Waals surface area contributed by atoms with Crippen molar-refractivity contribution in [3.63, 3.8) is 0 Å². The summed E-state index contributed by atoms with van der Waals surface area (Å²) < 4.78 is 1.34. The van der Waals surface area contributed by atoms with Crippen LogP contribution in [-0.4, -0.2) is 4.98 Å². The molecule has 27 heavy (non-hydrogen) atoms. The lowest BCUT2D eigenvalue weighted by Gasteiger charge is -2.03. The fourth-order valence-corrected chi connectivity index (χ4v) is 5.71. The number of unbranched alkanes of at least 4 members (excludes halogenated alkanes) is 14. The van der Waals surface area contributed by atoms with E-state index in [4.69, 9.17) is 4.98 Å². The van der Waals surface area contributed by atoms with Gasteiger partial charge in [0.05, 0.1) is 20.1 Å². The Labute approximate surface area is 175 Å². The van der Waals surface area contributed by atoms with Gasteiger partial charge in [0.15, 0.2) is 0 Å². The second-order valence-corrected chi connectivity index (χ2v) is 9.85. The summed E-state index contributed by atoms with van der Waals surface area (Å²) >= 11 is 3.63. The number of aryl methyl sites for hydroxylation is 1. The lowest BCUT2D eigenvalue weighted by atomic mass is 10.0. The van der Waals surface area contributed by atoms with Crippen LogP contribution in [0.25, 0.3) is 16.3 Å². The van der Waals surface area contributed by atoms with Gasteiger partial charge in [-0.25, -0.2) is 4.98 Å². The van der Waals surface area contributed by atoms with Crippen molar-refractivity contribution in [2.45, 2.75) is 110 Å². The van der Waals surface area contributed by atoms with E-state index in [9.17, 15) is 0 Å². The number of fused-ring (bicyclic) bond motifs is 1. The largest absolute Gasteiger partial charge is 0.240 e. The predicted octanol–water partition coefficient (Wildman–Crippen LogP) is 9.41. The zero-order valence-electron chi connectivity index (χ0n) is 17.4. The van der Waals surface area contributed by atoms with Crippen molar-refractivity contribution < 1.29 is 0 Å². The summed E-state index contributed by atoms with van der Waals surface area (Å²) in [5.74, 6) is 0. The van der Waals surface area contributed by atoms with Crippen LogP contribution in [0.1, 0.15) is 113 Å². The molecule has 2 aromatic rings. The molecule has 0 radical (unpaired) electrons. The highest BCUT2D eigenvalue weighted by atomic mass is 32.1. The lowest BCUT2D eigenvalue weighted by Crippen LogP contribution is -1.86. The number of nitrogens with zero attached hydrogens (tertiary/aromatic N) is 1. The Kier molecular flexibility index (Phi) is 12.0. The monoisotopic (exact) mass is 405 g/mol. The molecule has 1 nitrogen and oxygen atoms in total. The Balaban J connectivity index is 1.37. The summed E-state index contributed by atoms with van der Waals surface area (Å²) in [7, 11) is 0. The number of aromatic nitrogens is 1. The molecular weight excluding hydrogens is 366 g/mol. The molecule has 3 heteroatoms. The molecule has 0 amide bonds. The van der Waals surface area contributed by atoms with Gasteiger partial charge in [-0.3, -0.25) is 0 Å². The maximum Gasteiger partial charge on any atom is 0.0995 e. The standard InChI is InChI=1S/C24H39NS2/c1-3-5-6-7-8-9-10-11-12-13-14-15-16-17-18-19-23-25-24-21(4-2)26-20-22(24)27-23/h4,20H,2-3,5-19H2,1H3. The molecule has 0 atom stereocenters. The zero-order chi connectivity index (χ0) is 19.2. The van der Waals surface area contributed by atoms with E-state index in [1.807, 2.05) is 17.4 Å². The third-order valence-corrected chi connectivity index (χ3v) is 7.58. The number of thiophene rings is 1. The molecule has 0 N–H and O–H groups in total. The van der Waals surface area contributed by atoms with Crippen molar-refractivity contribution in [1.82, 2.24) is 4.98 Å². The summed E-state index contributed by atoms with van der Waals surface area (Å²) in [6.07, 6.45) is 24.4. The van der Waals surface area contributed by atoms with E-state index in [0.29, 0.717) is 0 Å². The van der Waals surface area contributed by atoms with Crippen LogP contribution >= 0.6 is 22.7 Å². The smallest absolute Gasteiger partial charge is 0.0995 e. The van der Waals surface area contributed by atoms with Gasteiger partial charge in [0.1, 0.15) is 0 Å². The number of hydrogen-bond acceptors (Lipinski definition) is 3. The van der Waals surface area contributed by atoms with Crippen LogP contribution in [0, 0.1) is 0 Å². The molecule has 2 heterocycles. The number of hydrogen-bond donors (Lipinski definition) is 0. The van der Waals surface area contributed by atoms with E-state index >= 15 is 0 Å². The van der Waals surface area contributed by atoms with Crippen LogP contribution in [0.5, 0.6) is 0 Å². The van der Waals surface area contributed by atoms with Gasteiger partial charge in [-0.2, -0.15) is 0 Å². The third-order valence-electron chi connectivity index (χ3n) is 5.40. The van der Waals surface area contributed by atoms with E-state index in [2.05, 4.69) is 18.9 Å². The van der Waals surface area contributed by atoms with E-state index in [1.165, 1.54) is 116 Å². The second kappa shape index (κ2) is 14.3. The zero-order valence-corrected chi connectivity index (χ0v) is 19.1. The van der Waals surface area contributed by atoms with Crippen LogP contribution in [0.4, 0.5) is 0 Å². The molecule has 152 valence electrons. The fourth-order valence-electron chi connectivity index (χ4n) is 3.71. The van der Waals surface area contributed by atoms with Crippen molar-refractivity contribution >= 4 is 39.0 Å². The molecule has 0 unspecified atom stereocenters. The van der Waals surface area contributed by atoms with E-state index in [1.54, 1.807) is 11.3 Å². The lowest BCUT2D eigenvalue weighted by molar-refractivity contribution is 0.532. The van der Waals surface area contributed by atoms with Gasteiger partial charge >= 0.3 is 0 Å². The molecule has 0 spiro atoms. The van der Waals surface area contributed by atoms with Crippen molar-refractivity contribution in [3.05, 3.63) is 21.8 Å². The van der Waals surface area contributed by atoms with Gasteiger partial charge in [-0.05, 0) is 18.9 Å². The van der Waals surface area contributed by atoms with Gasteiger partial charge in [-0.15, -0.1) is 22.7 Å². The summed E-state index contributed by atoms with van der Waals surface area (Å²) in [6.45, 7) is 6.18. The Morgan fingerprint density at radius 2 is 1.33 bits per heavy atom. The Morgan fingerprint density at radius 3 is 1.85 bits per heavy atom. The van der Waals surface area contributed by atoms with Crippen LogP contribution in [0.15, 0.2) is 12.0 Å². The van der Waals surface area contributed by atoms with Gasteiger partial charge in [0.2, 0.25) is 0 Å². The maximum atomic E-state index is 4.80. The first-order valence-corrected chi connectivity index (χ1v) is 13.0. The average Bonchev–Trinajstić information content (AvgIpc) is 3.25. The highest BCUT2D eigenvalue weighted by molar-refractivity contribution is 7.23. The number of thiazole rings is 1. The van der Waals surface area contributed by atoms with Crippen LogP contribution in [0.3, 0.4) is 0 Å². The first-order chi connectivity index (χ1) is 13.3. The minimum Gasteiger partial charge on any atom is -0.240 e. The minimum absolute atomic E-state index is 1.15. The average molecular weight is 406 g/mol. The highest BCUT2D eigenvalue weighted by Gasteiger charge is 2.08. The second-order valence-electron chi connectivity index (χ2n) is 7.82. The molecule has 0 aliphatic rings. The molecule has 2 rings (SSSR count). The summed E-state index contributed by atoms with van der Waals surface area (Å²) in [6, 6.07) is 0. The molecule has 2 aromatic heterocycles. The fraction of sp³-hybridized carbons (Fsp3) is 0.708. The Morgan fingerprint density at radius 1 is 0.815 bits per heavy atom. The van der Waals surface area contributed by atoms with E-state index < -0.39 is 0 Å². The molecule has 0 saturated carbocycles. The van der Waals surface area contributed by atoms with Gasteiger partial charge in [-0.1, -0.05) is 103 Å². The van der Waals surface area contributed by atoms with Crippen molar-refractivity contribution in [1.29, 1.82) is 0 Å². The first kappa shape index (κ1) is 22.6. The molecule has 0 saturated heterocycles. The summed E-state index contributed by atoms with van der Waals surface area (Å²) in [5, 5.41) is 3.53. The first-order valence-electron chi connectivity index (χ1n) is 11.3. The SMILES string of the molecule is C=Cc1scc2sc(CCCCCCCCCCCCCCCCC)nc12. The molecular formula is C24H39NS2. The minimum atomic E-state index is 1.15. The van der Waals surface area contributed by atoms with Crippen molar-refractivity contribution in [3.8, 4) is 0 Å². The summed E-state index contributed by atoms with van der Waals surface area (Å²) in [4.78, 5) is 6.03.